The van der Waals surface area contributed by atoms with Gasteiger partial charge in [0.25, 0.3) is 0 Å². The lowest BCUT2D eigenvalue weighted by Crippen LogP contribution is -2.37. The molecule has 0 fully saturated rings. The highest BCUT2D eigenvalue weighted by Crippen LogP contribution is 1.82. The third-order valence-electron chi connectivity index (χ3n) is 1.02. The zero-order chi connectivity index (χ0) is 6.57. The molecule has 1 atom stereocenters. The summed E-state index contributed by atoms with van der Waals surface area (Å²) in [5.41, 5.74) is 5.31. The highest BCUT2D eigenvalue weighted by atomic mass is 35.5. The summed E-state index contributed by atoms with van der Waals surface area (Å²) in [7, 11) is 1.58. The van der Waals surface area contributed by atoms with E-state index in [4.69, 9.17) is 5.73 Å². The monoisotopic (exact) mass is 152 g/mol. The van der Waals surface area contributed by atoms with E-state index in [-0.39, 0.29) is 24.4 Å². The van der Waals surface area contributed by atoms with Crippen LogP contribution < -0.4 is 11.1 Å². The number of nitrogens with two attached hydrogens (primary N) is 1. The number of hydrogen-bond donors (Lipinski definition) is 2. The summed E-state index contributed by atoms with van der Waals surface area (Å²) in [5.74, 6) is -0.0903. The normalized spacial score (nSPS) is 11.4. The average Bonchev–Trinajstić information content (AvgIpc) is 1.84. The highest BCUT2D eigenvalue weighted by molar-refractivity contribution is 5.85. The Morgan fingerprint density at radius 1 is 1.78 bits per heavy atom. The Kier molecular flexibility index (Phi) is 7.48. The van der Waals surface area contributed by atoms with Gasteiger partial charge in [0.1, 0.15) is 0 Å². The van der Waals surface area contributed by atoms with Crippen LogP contribution in [0.25, 0.3) is 0 Å². The molecular formula is C5H13ClN2O. The maximum atomic E-state index is 10.5. The second-order valence-electron chi connectivity index (χ2n) is 1.63. The van der Waals surface area contributed by atoms with Gasteiger partial charge in [0.2, 0.25) is 5.91 Å². The Bertz CT molecular complexity index is 87.0. The third-order valence-corrected chi connectivity index (χ3v) is 1.02. The number of rotatable bonds is 2. The summed E-state index contributed by atoms with van der Waals surface area (Å²) in [6.07, 6.45) is 0.694. The van der Waals surface area contributed by atoms with Crippen molar-refractivity contribution in [2.75, 3.05) is 7.05 Å². The molecule has 1 amide bonds. The third kappa shape index (κ3) is 4.24. The lowest BCUT2D eigenvalue weighted by molar-refractivity contribution is -0.121. The first-order valence-corrected chi connectivity index (χ1v) is 2.69. The smallest absolute Gasteiger partial charge is 0.236 e. The number of amides is 1. The molecule has 0 aromatic heterocycles. The summed E-state index contributed by atoms with van der Waals surface area (Å²) in [5, 5.41) is 2.45. The van der Waals surface area contributed by atoms with E-state index in [2.05, 4.69) is 5.32 Å². The molecule has 0 aromatic rings. The summed E-state index contributed by atoms with van der Waals surface area (Å²) >= 11 is 0. The molecule has 3 N–H and O–H groups in total. The van der Waals surface area contributed by atoms with Crippen LogP contribution in [0.5, 0.6) is 0 Å². The van der Waals surface area contributed by atoms with Crippen molar-refractivity contribution in [2.24, 2.45) is 5.73 Å². The molecule has 0 bridgehead atoms. The van der Waals surface area contributed by atoms with Crippen LogP contribution in [-0.4, -0.2) is 19.0 Å². The second-order valence-corrected chi connectivity index (χ2v) is 1.63. The molecule has 0 aromatic carbocycles. The van der Waals surface area contributed by atoms with E-state index in [1.54, 1.807) is 7.05 Å². The minimum atomic E-state index is -0.333. The first-order valence-electron chi connectivity index (χ1n) is 2.69. The number of hydrogen-bond acceptors (Lipinski definition) is 2. The number of carbonyl (C=O) groups is 1. The summed E-state index contributed by atoms with van der Waals surface area (Å²) in [4.78, 5) is 10.5. The number of halogens is 1. The standard InChI is InChI=1S/C5H12N2O.ClH/c1-3-4(6)5(8)7-2;/h4H,3,6H2,1-2H3,(H,7,8);1H/t4-;/m1./s1. The van der Waals surface area contributed by atoms with Gasteiger partial charge in [0.05, 0.1) is 6.04 Å². The maximum absolute atomic E-state index is 10.5. The second kappa shape index (κ2) is 5.85. The Labute approximate surface area is 61.4 Å². The first-order chi connectivity index (χ1) is 3.72. The largest absolute Gasteiger partial charge is 0.358 e. The fourth-order valence-electron chi connectivity index (χ4n) is 0.371. The van der Waals surface area contributed by atoms with E-state index >= 15 is 0 Å². The maximum Gasteiger partial charge on any atom is 0.236 e. The molecule has 0 spiro atoms. The fourth-order valence-corrected chi connectivity index (χ4v) is 0.371. The predicted octanol–water partition coefficient (Wildman–Crippen LogP) is -0.109. The molecule has 0 unspecified atom stereocenters. The zero-order valence-electron chi connectivity index (χ0n) is 5.68. The lowest BCUT2D eigenvalue weighted by Gasteiger charge is -2.04. The molecule has 3 nitrogen and oxygen atoms in total. The van der Waals surface area contributed by atoms with Crippen molar-refractivity contribution in [1.82, 2.24) is 5.32 Å². The van der Waals surface area contributed by atoms with Crippen LogP contribution in [0.1, 0.15) is 13.3 Å². The molecule has 0 aliphatic rings. The van der Waals surface area contributed by atoms with Crippen molar-refractivity contribution in [1.29, 1.82) is 0 Å². The molecular weight excluding hydrogens is 140 g/mol. The van der Waals surface area contributed by atoms with Gasteiger partial charge in [-0.1, -0.05) is 6.92 Å². The van der Waals surface area contributed by atoms with Gasteiger partial charge < -0.3 is 11.1 Å². The highest BCUT2D eigenvalue weighted by Gasteiger charge is 2.06. The molecule has 0 heterocycles. The van der Waals surface area contributed by atoms with Crippen LogP contribution in [-0.2, 0) is 4.79 Å². The molecule has 0 saturated heterocycles. The van der Waals surface area contributed by atoms with Crippen molar-refractivity contribution in [3.8, 4) is 0 Å². The van der Waals surface area contributed by atoms with E-state index < -0.39 is 0 Å². The molecule has 0 radical (unpaired) electrons. The van der Waals surface area contributed by atoms with Gasteiger partial charge in [-0.25, -0.2) is 0 Å². The van der Waals surface area contributed by atoms with Gasteiger partial charge >= 0.3 is 0 Å². The predicted molar refractivity (Wildman–Crippen MR) is 39.6 cm³/mol. The summed E-state index contributed by atoms with van der Waals surface area (Å²) < 4.78 is 0. The minimum Gasteiger partial charge on any atom is -0.358 e. The molecule has 56 valence electrons. The summed E-state index contributed by atoms with van der Waals surface area (Å²) in [6.45, 7) is 1.87. The van der Waals surface area contributed by atoms with Gasteiger partial charge in [-0.15, -0.1) is 12.4 Å². The van der Waals surface area contributed by atoms with Crippen LogP contribution in [0.4, 0.5) is 0 Å². The van der Waals surface area contributed by atoms with E-state index in [9.17, 15) is 4.79 Å². The minimum absolute atomic E-state index is 0. The zero-order valence-corrected chi connectivity index (χ0v) is 6.49. The van der Waals surface area contributed by atoms with Crippen molar-refractivity contribution in [3.05, 3.63) is 0 Å². The first kappa shape index (κ1) is 11.5. The van der Waals surface area contributed by atoms with Crippen molar-refractivity contribution < 1.29 is 4.79 Å². The van der Waals surface area contributed by atoms with Gasteiger partial charge in [0.15, 0.2) is 0 Å². The van der Waals surface area contributed by atoms with Crippen LogP contribution in [0, 0.1) is 0 Å². The van der Waals surface area contributed by atoms with Crippen LogP contribution in [0.15, 0.2) is 0 Å². The molecule has 0 saturated carbocycles. The Hall–Kier alpha value is -0.280. The van der Waals surface area contributed by atoms with Gasteiger partial charge in [-0.2, -0.15) is 0 Å². The molecule has 0 rings (SSSR count). The Morgan fingerprint density at radius 3 is 2.33 bits per heavy atom. The van der Waals surface area contributed by atoms with Crippen molar-refractivity contribution in [3.63, 3.8) is 0 Å². The molecule has 9 heavy (non-hydrogen) atoms. The van der Waals surface area contributed by atoms with E-state index in [0.717, 1.165) is 0 Å². The van der Waals surface area contributed by atoms with Crippen LogP contribution in [0.3, 0.4) is 0 Å². The van der Waals surface area contributed by atoms with Gasteiger partial charge in [-0.05, 0) is 6.42 Å². The Balaban J connectivity index is 0. The van der Waals surface area contributed by atoms with Crippen LogP contribution in [0.2, 0.25) is 0 Å². The fraction of sp³-hybridized carbons (Fsp3) is 0.800. The number of nitrogens with one attached hydrogen (secondary N) is 1. The van der Waals surface area contributed by atoms with E-state index in [1.165, 1.54) is 0 Å². The lowest BCUT2D eigenvalue weighted by atomic mass is 10.2. The molecule has 0 aliphatic heterocycles. The Morgan fingerprint density at radius 2 is 2.22 bits per heavy atom. The topological polar surface area (TPSA) is 55.1 Å². The number of carbonyl (C=O) groups excluding carboxylic acids is 1. The van der Waals surface area contributed by atoms with Gasteiger partial charge in [0, 0.05) is 7.05 Å². The van der Waals surface area contributed by atoms with Crippen LogP contribution >= 0.6 is 12.4 Å². The van der Waals surface area contributed by atoms with Crippen molar-refractivity contribution >= 4 is 18.3 Å². The molecule has 0 aliphatic carbocycles. The van der Waals surface area contributed by atoms with E-state index in [0.29, 0.717) is 6.42 Å². The van der Waals surface area contributed by atoms with E-state index in [1.807, 2.05) is 6.92 Å². The molecule has 4 heteroatoms. The van der Waals surface area contributed by atoms with Gasteiger partial charge in [-0.3, -0.25) is 4.79 Å². The quantitative estimate of drug-likeness (QED) is 0.580. The number of likely N-dealkylation sites (N-methyl/N-ethyl adjacent to an activating group) is 1. The average molecular weight is 153 g/mol. The SMILES string of the molecule is CC[C@@H](N)C(=O)NC.Cl. The summed E-state index contributed by atoms with van der Waals surface area (Å²) in [6, 6.07) is -0.333. The van der Waals surface area contributed by atoms with Crippen molar-refractivity contribution in [2.45, 2.75) is 19.4 Å².